The molecule has 0 fully saturated rings. The zero-order valence-corrected chi connectivity index (χ0v) is 12.3. The topological polar surface area (TPSA) is 53.9 Å². The van der Waals surface area contributed by atoms with Gasteiger partial charge in [-0.2, -0.15) is 5.10 Å². The van der Waals surface area contributed by atoms with Crippen molar-refractivity contribution in [3.8, 4) is 11.3 Å². The highest BCUT2D eigenvalue weighted by Crippen LogP contribution is 2.22. The molecule has 0 amide bonds. The highest BCUT2D eigenvalue weighted by molar-refractivity contribution is 5.62. The summed E-state index contributed by atoms with van der Waals surface area (Å²) in [4.78, 5) is 0. The number of aryl methyl sites for hydroxylation is 1. The van der Waals surface area contributed by atoms with Crippen molar-refractivity contribution in [1.82, 2.24) is 15.5 Å². The van der Waals surface area contributed by atoms with E-state index in [9.17, 15) is 0 Å². The Morgan fingerprint density at radius 2 is 2.00 bits per heavy atom. The number of aromatic nitrogens is 2. The monoisotopic (exact) mass is 281 g/mol. The maximum absolute atomic E-state index is 5.64. The molecule has 0 radical (unpaired) electrons. The van der Waals surface area contributed by atoms with Gasteiger partial charge >= 0.3 is 0 Å². The fraction of sp³-hybridized carbons (Fsp3) is 0.235. The number of hydrogen-bond acceptors (Lipinski definition) is 3. The second-order valence-electron chi connectivity index (χ2n) is 5.19. The molecule has 4 heteroatoms. The van der Waals surface area contributed by atoms with Crippen LogP contribution in [0.5, 0.6) is 0 Å². The minimum absolute atomic E-state index is 0.164. The second kappa shape index (κ2) is 5.97. The molecular formula is C17H19N3O. The number of H-pyrrole nitrogens is 1. The Hall–Kier alpha value is -2.33. The lowest BCUT2D eigenvalue weighted by Crippen LogP contribution is -2.17. The predicted octanol–water partition coefficient (Wildman–Crippen LogP) is 3.83. The first kappa shape index (κ1) is 13.6. The lowest BCUT2D eigenvalue weighted by molar-refractivity contribution is 0.416. The molecule has 0 saturated heterocycles. The average molecular weight is 281 g/mol. The Morgan fingerprint density at radius 1 is 1.19 bits per heavy atom. The standard InChI is InChI=1S/C17H19N3O/c1-12-8-9-16(21-12)13(2)18-10-15-11-19-20-17(15)14-6-4-3-5-7-14/h3-9,11,13,18H,10H2,1-2H3,(H,19,20). The third-order valence-corrected chi connectivity index (χ3v) is 3.57. The molecular weight excluding hydrogens is 262 g/mol. The lowest BCUT2D eigenvalue weighted by atomic mass is 10.1. The van der Waals surface area contributed by atoms with E-state index >= 15 is 0 Å². The van der Waals surface area contributed by atoms with E-state index < -0.39 is 0 Å². The van der Waals surface area contributed by atoms with Crippen LogP contribution < -0.4 is 5.32 Å². The zero-order chi connectivity index (χ0) is 14.7. The van der Waals surface area contributed by atoms with Crippen LogP contribution in [0.1, 0.15) is 30.0 Å². The summed E-state index contributed by atoms with van der Waals surface area (Å²) in [6.07, 6.45) is 1.87. The summed E-state index contributed by atoms with van der Waals surface area (Å²) in [6.45, 7) is 4.79. The molecule has 21 heavy (non-hydrogen) atoms. The Morgan fingerprint density at radius 3 is 2.71 bits per heavy atom. The van der Waals surface area contributed by atoms with Crippen LogP contribution in [0.2, 0.25) is 0 Å². The number of rotatable bonds is 5. The van der Waals surface area contributed by atoms with Gasteiger partial charge in [-0.3, -0.25) is 5.10 Å². The van der Waals surface area contributed by atoms with Crippen LogP contribution in [0.25, 0.3) is 11.3 Å². The van der Waals surface area contributed by atoms with Gasteiger partial charge in [0.15, 0.2) is 0 Å². The molecule has 0 saturated carbocycles. The zero-order valence-electron chi connectivity index (χ0n) is 12.3. The van der Waals surface area contributed by atoms with E-state index in [4.69, 9.17) is 4.42 Å². The van der Waals surface area contributed by atoms with Crippen molar-refractivity contribution in [2.75, 3.05) is 0 Å². The van der Waals surface area contributed by atoms with Crippen LogP contribution in [0.3, 0.4) is 0 Å². The van der Waals surface area contributed by atoms with E-state index in [1.807, 2.05) is 43.5 Å². The normalized spacial score (nSPS) is 12.5. The quantitative estimate of drug-likeness (QED) is 0.747. The van der Waals surface area contributed by atoms with Crippen molar-refractivity contribution in [2.45, 2.75) is 26.4 Å². The van der Waals surface area contributed by atoms with Gasteiger partial charge in [0, 0.05) is 12.1 Å². The Labute approximate surface area is 124 Å². The average Bonchev–Trinajstić information content (AvgIpc) is 3.14. The fourth-order valence-electron chi connectivity index (χ4n) is 2.35. The van der Waals surface area contributed by atoms with Crippen molar-refractivity contribution >= 4 is 0 Å². The van der Waals surface area contributed by atoms with E-state index in [1.54, 1.807) is 0 Å². The van der Waals surface area contributed by atoms with Crippen LogP contribution in [-0.2, 0) is 6.54 Å². The van der Waals surface area contributed by atoms with Crippen LogP contribution >= 0.6 is 0 Å². The minimum Gasteiger partial charge on any atom is -0.465 e. The third-order valence-electron chi connectivity index (χ3n) is 3.57. The molecule has 2 N–H and O–H groups in total. The molecule has 0 aliphatic carbocycles. The molecule has 4 nitrogen and oxygen atoms in total. The van der Waals surface area contributed by atoms with Gasteiger partial charge in [0.1, 0.15) is 11.5 Å². The Balaban J connectivity index is 1.70. The molecule has 1 unspecified atom stereocenters. The van der Waals surface area contributed by atoms with Crippen LogP contribution in [0.15, 0.2) is 53.1 Å². The number of nitrogens with zero attached hydrogens (tertiary/aromatic N) is 1. The molecule has 0 bridgehead atoms. The fourth-order valence-corrected chi connectivity index (χ4v) is 2.35. The summed E-state index contributed by atoms with van der Waals surface area (Å²) in [5, 5.41) is 10.7. The molecule has 0 aliphatic rings. The van der Waals surface area contributed by atoms with E-state index in [1.165, 1.54) is 0 Å². The van der Waals surface area contributed by atoms with Gasteiger partial charge in [0.05, 0.1) is 17.9 Å². The Bertz CT molecular complexity index is 700. The Kier molecular flexibility index (Phi) is 3.88. The van der Waals surface area contributed by atoms with E-state index in [2.05, 4.69) is 34.6 Å². The highest BCUT2D eigenvalue weighted by Gasteiger charge is 2.12. The number of hydrogen-bond donors (Lipinski definition) is 2. The highest BCUT2D eigenvalue weighted by atomic mass is 16.3. The molecule has 2 heterocycles. The van der Waals surface area contributed by atoms with Crippen molar-refractivity contribution in [1.29, 1.82) is 0 Å². The molecule has 2 aromatic heterocycles. The molecule has 3 aromatic rings. The second-order valence-corrected chi connectivity index (χ2v) is 5.19. The van der Waals surface area contributed by atoms with Gasteiger partial charge in [-0.1, -0.05) is 30.3 Å². The van der Waals surface area contributed by atoms with E-state index in [0.717, 1.165) is 34.9 Å². The van der Waals surface area contributed by atoms with Crippen molar-refractivity contribution in [3.05, 3.63) is 65.7 Å². The molecule has 1 aromatic carbocycles. The third kappa shape index (κ3) is 3.06. The summed E-state index contributed by atoms with van der Waals surface area (Å²) in [5.74, 6) is 1.89. The summed E-state index contributed by atoms with van der Waals surface area (Å²) in [5.41, 5.74) is 3.36. The van der Waals surface area contributed by atoms with Crippen LogP contribution in [0.4, 0.5) is 0 Å². The molecule has 3 rings (SSSR count). The predicted molar refractivity (Wildman–Crippen MR) is 82.7 cm³/mol. The largest absolute Gasteiger partial charge is 0.465 e. The summed E-state index contributed by atoms with van der Waals surface area (Å²) < 4.78 is 5.64. The van der Waals surface area contributed by atoms with Gasteiger partial charge in [-0.25, -0.2) is 0 Å². The van der Waals surface area contributed by atoms with Gasteiger partial charge in [-0.05, 0) is 31.5 Å². The molecule has 1 atom stereocenters. The van der Waals surface area contributed by atoms with E-state index in [0.29, 0.717) is 0 Å². The van der Waals surface area contributed by atoms with Crippen LogP contribution in [0, 0.1) is 6.92 Å². The van der Waals surface area contributed by atoms with Crippen molar-refractivity contribution < 1.29 is 4.42 Å². The summed E-state index contributed by atoms with van der Waals surface area (Å²) in [7, 11) is 0. The first-order valence-corrected chi connectivity index (χ1v) is 7.11. The molecule has 0 spiro atoms. The van der Waals surface area contributed by atoms with Gasteiger partial charge < -0.3 is 9.73 Å². The van der Waals surface area contributed by atoms with Gasteiger partial charge in [0.2, 0.25) is 0 Å². The first-order valence-electron chi connectivity index (χ1n) is 7.11. The van der Waals surface area contributed by atoms with Gasteiger partial charge in [-0.15, -0.1) is 0 Å². The number of benzene rings is 1. The minimum atomic E-state index is 0.164. The van der Waals surface area contributed by atoms with Crippen LogP contribution in [-0.4, -0.2) is 10.2 Å². The van der Waals surface area contributed by atoms with E-state index in [-0.39, 0.29) is 6.04 Å². The first-order chi connectivity index (χ1) is 10.2. The maximum atomic E-state index is 5.64. The molecule has 0 aliphatic heterocycles. The van der Waals surface area contributed by atoms with Crippen molar-refractivity contribution in [3.63, 3.8) is 0 Å². The number of nitrogens with one attached hydrogen (secondary N) is 2. The molecule has 108 valence electrons. The number of aromatic amines is 1. The maximum Gasteiger partial charge on any atom is 0.120 e. The van der Waals surface area contributed by atoms with Gasteiger partial charge in [0.25, 0.3) is 0 Å². The lowest BCUT2D eigenvalue weighted by Gasteiger charge is -2.11. The smallest absolute Gasteiger partial charge is 0.120 e. The van der Waals surface area contributed by atoms with Crippen molar-refractivity contribution in [2.24, 2.45) is 0 Å². The summed E-state index contributed by atoms with van der Waals surface area (Å²) in [6, 6.07) is 14.4. The SMILES string of the molecule is Cc1ccc(C(C)NCc2cn[nH]c2-c2ccccc2)o1. The number of furan rings is 1. The summed E-state index contributed by atoms with van der Waals surface area (Å²) >= 11 is 0.